The van der Waals surface area contributed by atoms with Crippen molar-refractivity contribution < 1.29 is 14.4 Å². The molecule has 1 aromatic carbocycles. The molecular formula is C15H18N2O4. The minimum absolute atomic E-state index is 0.0140. The fraction of sp³-hybridized carbons (Fsp3) is 0.333. The molecule has 0 spiro atoms. The maximum atomic E-state index is 10.8. The van der Waals surface area contributed by atoms with Crippen LogP contribution >= 0.6 is 0 Å². The molecule has 1 unspecified atom stereocenters. The van der Waals surface area contributed by atoms with Crippen LogP contribution in [0.4, 0.5) is 5.69 Å². The van der Waals surface area contributed by atoms with Gasteiger partial charge in [0.2, 0.25) is 0 Å². The third-order valence-electron chi connectivity index (χ3n) is 3.36. The summed E-state index contributed by atoms with van der Waals surface area (Å²) in [5.74, 6) is 0.853. The van der Waals surface area contributed by atoms with Gasteiger partial charge < -0.3 is 9.52 Å². The third-order valence-corrected chi connectivity index (χ3v) is 3.36. The van der Waals surface area contributed by atoms with Crippen molar-refractivity contribution in [3.63, 3.8) is 0 Å². The Bertz CT molecular complexity index is 624. The van der Waals surface area contributed by atoms with E-state index in [9.17, 15) is 15.2 Å². The highest BCUT2D eigenvalue weighted by Gasteiger charge is 2.15. The first kappa shape index (κ1) is 15.2. The minimum Gasteiger partial charge on any atom is -0.469 e. The lowest BCUT2D eigenvalue weighted by Gasteiger charge is -2.20. The molecule has 0 radical (unpaired) electrons. The molecule has 0 saturated carbocycles. The van der Waals surface area contributed by atoms with E-state index in [1.165, 1.54) is 12.1 Å². The van der Waals surface area contributed by atoms with Crippen LogP contribution in [0.25, 0.3) is 0 Å². The van der Waals surface area contributed by atoms with Crippen LogP contribution in [0.1, 0.15) is 23.0 Å². The van der Waals surface area contributed by atoms with E-state index < -0.39 is 11.0 Å². The molecule has 2 rings (SSSR count). The van der Waals surface area contributed by atoms with E-state index in [2.05, 4.69) is 0 Å². The van der Waals surface area contributed by atoms with Gasteiger partial charge in [-0.25, -0.2) is 0 Å². The highest BCUT2D eigenvalue weighted by Crippen LogP contribution is 2.20. The molecule has 2 aromatic rings. The summed E-state index contributed by atoms with van der Waals surface area (Å²) >= 11 is 0. The predicted molar refractivity (Wildman–Crippen MR) is 77.8 cm³/mol. The largest absolute Gasteiger partial charge is 0.469 e. The standard InChI is InChI=1S/C15H18N2O4/c1-11-13(6-7-21-11)9-16(2)10-15(18)12-4-3-5-14(8-12)17(19)20/h3-8,15,18H,9-10H2,1-2H3. The predicted octanol–water partition coefficient (Wildman–Crippen LogP) is 2.66. The maximum Gasteiger partial charge on any atom is 0.269 e. The quantitative estimate of drug-likeness (QED) is 0.653. The molecule has 1 aromatic heterocycles. The number of nitro groups is 1. The number of benzene rings is 1. The molecule has 0 fully saturated rings. The Balaban J connectivity index is 2.00. The molecule has 0 bridgehead atoms. The number of aliphatic hydroxyl groups excluding tert-OH is 1. The molecule has 21 heavy (non-hydrogen) atoms. The summed E-state index contributed by atoms with van der Waals surface area (Å²) in [6.45, 7) is 2.92. The number of hydrogen-bond donors (Lipinski definition) is 1. The van der Waals surface area contributed by atoms with Crippen LogP contribution in [-0.4, -0.2) is 28.5 Å². The van der Waals surface area contributed by atoms with Crippen LogP contribution in [0.15, 0.2) is 41.0 Å². The normalized spacial score (nSPS) is 12.6. The van der Waals surface area contributed by atoms with E-state index in [-0.39, 0.29) is 5.69 Å². The number of non-ortho nitro benzene ring substituents is 1. The molecule has 6 heteroatoms. The molecule has 6 nitrogen and oxygen atoms in total. The van der Waals surface area contributed by atoms with E-state index in [0.29, 0.717) is 18.7 Å². The number of nitrogens with zero attached hydrogens (tertiary/aromatic N) is 2. The van der Waals surface area contributed by atoms with Crippen molar-refractivity contribution in [3.8, 4) is 0 Å². The van der Waals surface area contributed by atoms with Gasteiger partial charge in [-0.2, -0.15) is 0 Å². The lowest BCUT2D eigenvalue weighted by atomic mass is 10.1. The van der Waals surface area contributed by atoms with Gasteiger partial charge in [-0.05, 0) is 25.6 Å². The number of furan rings is 1. The third kappa shape index (κ3) is 3.90. The van der Waals surface area contributed by atoms with Crippen molar-refractivity contribution in [2.24, 2.45) is 0 Å². The monoisotopic (exact) mass is 290 g/mol. The summed E-state index contributed by atoms with van der Waals surface area (Å²) < 4.78 is 5.23. The van der Waals surface area contributed by atoms with Crippen molar-refractivity contribution in [1.82, 2.24) is 4.90 Å². The zero-order valence-electron chi connectivity index (χ0n) is 12.0. The first-order valence-corrected chi connectivity index (χ1v) is 6.61. The summed E-state index contributed by atoms with van der Waals surface area (Å²) in [7, 11) is 1.88. The first-order chi connectivity index (χ1) is 9.97. The number of hydrogen-bond acceptors (Lipinski definition) is 5. The topological polar surface area (TPSA) is 79.8 Å². The molecule has 0 amide bonds. The second-order valence-corrected chi connectivity index (χ2v) is 5.07. The van der Waals surface area contributed by atoms with Gasteiger partial charge >= 0.3 is 0 Å². The molecular weight excluding hydrogens is 272 g/mol. The van der Waals surface area contributed by atoms with Crippen LogP contribution in [-0.2, 0) is 6.54 Å². The number of likely N-dealkylation sites (N-methyl/N-ethyl adjacent to an activating group) is 1. The zero-order valence-corrected chi connectivity index (χ0v) is 12.0. The average Bonchev–Trinajstić information content (AvgIpc) is 2.84. The van der Waals surface area contributed by atoms with Crippen LogP contribution in [0, 0.1) is 17.0 Å². The Morgan fingerprint density at radius 3 is 2.81 bits per heavy atom. The SMILES string of the molecule is Cc1occc1CN(C)CC(O)c1cccc([N+](=O)[O-])c1. The van der Waals surface area contributed by atoms with E-state index >= 15 is 0 Å². The fourth-order valence-corrected chi connectivity index (χ4v) is 2.18. The molecule has 0 aliphatic carbocycles. The van der Waals surface area contributed by atoms with Crippen molar-refractivity contribution in [2.45, 2.75) is 19.6 Å². The molecule has 0 aliphatic rings. The van der Waals surface area contributed by atoms with E-state index in [1.807, 2.05) is 24.9 Å². The van der Waals surface area contributed by atoms with Crippen LogP contribution in [0.2, 0.25) is 0 Å². The van der Waals surface area contributed by atoms with Crippen molar-refractivity contribution in [1.29, 1.82) is 0 Å². The molecule has 112 valence electrons. The zero-order chi connectivity index (χ0) is 15.4. The van der Waals surface area contributed by atoms with Gasteiger partial charge in [-0.3, -0.25) is 15.0 Å². The fourth-order valence-electron chi connectivity index (χ4n) is 2.18. The number of aliphatic hydroxyl groups is 1. The van der Waals surface area contributed by atoms with Crippen LogP contribution < -0.4 is 0 Å². The smallest absolute Gasteiger partial charge is 0.269 e. The van der Waals surface area contributed by atoms with Gasteiger partial charge in [0.1, 0.15) is 5.76 Å². The van der Waals surface area contributed by atoms with E-state index in [1.54, 1.807) is 18.4 Å². The van der Waals surface area contributed by atoms with Gasteiger partial charge in [0.25, 0.3) is 5.69 Å². The Morgan fingerprint density at radius 1 is 1.43 bits per heavy atom. The lowest BCUT2D eigenvalue weighted by molar-refractivity contribution is -0.385. The van der Waals surface area contributed by atoms with E-state index in [0.717, 1.165) is 11.3 Å². The Kier molecular flexibility index (Phi) is 4.72. The van der Waals surface area contributed by atoms with Crippen molar-refractivity contribution >= 4 is 5.69 Å². The van der Waals surface area contributed by atoms with Crippen molar-refractivity contribution in [3.05, 3.63) is 63.6 Å². The Labute approximate surface area is 122 Å². The second kappa shape index (κ2) is 6.51. The van der Waals surface area contributed by atoms with Gasteiger partial charge in [0.15, 0.2) is 0 Å². The molecule has 0 saturated heterocycles. The lowest BCUT2D eigenvalue weighted by Crippen LogP contribution is -2.24. The summed E-state index contributed by atoms with van der Waals surface area (Å²) in [6, 6.07) is 7.98. The van der Waals surface area contributed by atoms with Crippen LogP contribution in [0.3, 0.4) is 0 Å². The summed E-state index contributed by atoms with van der Waals surface area (Å²) in [5, 5.41) is 21.0. The average molecular weight is 290 g/mol. The first-order valence-electron chi connectivity index (χ1n) is 6.61. The van der Waals surface area contributed by atoms with Crippen molar-refractivity contribution in [2.75, 3.05) is 13.6 Å². The van der Waals surface area contributed by atoms with Gasteiger partial charge in [0.05, 0.1) is 17.3 Å². The Morgan fingerprint density at radius 2 is 2.19 bits per heavy atom. The highest BCUT2D eigenvalue weighted by atomic mass is 16.6. The summed E-state index contributed by atoms with van der Waals surface area (Å²) in [4.78, 5) is 12.2. The minimum atomic E-state index is -0.776. The number of aryl methyl sites for hydroxylation is 1. The summed E-state index contributed by atoms with van der Waals surface area (Å²) in [5.41, 5.74) is 1.59. The van der Waals surface area contributed by atoms with Gasteiger partial charge in [-0.1, -0.05) is 12.1 Å². The molecule has 1 heterocycles. The maximum absolute atomic E-state index is 10.8. The number of rotatable bonds is 6. The van der Waals surface area contributed by atoms with Gasteiger partial charge in [0, 0.05) is 30.8 Å². The summed E-state index contributed by atoms with van der Waals surface area (Å²) in [6.07, 6.45) is 0.859. The second-order valence-electron chi connectivity index (χ2n) is 5.07. The molecule has 1 N–H and O–H groups in total. The molecule has 1 atom stereocenters. The van der Waals surface area contributed by atoms with E-state index in [4.69, 9.17) is 4.42 Å². The van der Waals surface area contributed by atoms with Gasteiger partial charge in [-0.15, -0.1) is 0 Å². The highest BCUT2D eigenvalue weighted by molar-refractivity contribution is 5.35. The molecule has 0 aliphatic heterocycles. The van der Waals surface area contributed by atoms with Crippen LogP contribution in [0.5, 0.6) is 0 Å². The Hall–Kier alpha value is -2.18. The number of nitro benzene ring substituents is 1.